The van der Waals surface area contributed by atoms with Crippen LogP contribution in [0.5, 0.6) is 0 Å². The highest BCUT2D eigenvalue weighted by molar-refractivity contribution is 7.10. The number of thiophene rings is 1. The van der Waals surface area contributed by atoms with Crippen LogP contribution < -0.4 is 5.32 Å². The van der Waals surface area contributed by atoms with Gasteiger partial charge in [-0.15, -0.1) is 11.3 Å². The summed E-state index contributed by atoms with van der Waals surface area (Å²) in [5.41, 5.74) is 0.479. The summed E-state index contributed by atoms with van der Waals surface area (Å²) in [4.78, 5) is 15.3. The van der Waals surface area contributed by atoms with Crippen LogP contribution in [0.15, 0.2) is 11.4 Å². The molecule has 0 saturated carbocycles. The van der Waals surface area contributed by atoms with E-state index in [0.717, 1.165) is 19.4 Å². The second-order valence-corrected chi connectivity index (χ2v) is 7.09. The summed E-state index contributed by atoms with van der Waals surface area (Å²) in [6, 6.07) is 2.15. The molecule has 1 aromatic rings. The zero-order valence-corrected chi connectivity index (χ0v) is 13.3. The fourth-order valence-corrected chi connectivity index (χ4v) is 3.67. The highest BCUT2D eigenvalue weighted by Gasteiger charge is 2.36. The van der Waals surface area contributed by atoms with Crippen LogP contribution in [-0.4, -0.2) is 40.6 Å². The third kappa shape index (κ3) is 3.81. The van der Waals surface area contributed by atoms with E-state index in [1.165, 1.54) is 10.4 Å². The third-order valence-electron chi connectivity index (χ3n) is 3.94. The number of amides is 1. The van der Waals surface area contributed by atoms with Gasteiger partial charge in [0.25, 0.3) is 0 Å². The molecule has 0 aromatic carbocycles. The van der Waals surface area contributed by atoms with Gasteiger partial charge in [0.15, 0.2) is 0 Å². The van der Waals surface area contributed by atoms with Gasteiger partial charge in [-0.1, -0.05) is 0 Å². The lowest BCUT2D eigenvalue weighted by Crippen LogP contribution is -2.48. The topological polar surface area (TPSA) is 52.6 Å². The minimum atomic E-state index is -0.749. The van der Waals surface area contributed by atoms with Gasteiger partial charge in [-0.3, -0.25) is 9.69 Å². The van der Waals surface area contributed by atoms with E-state index < -0.39 is 5.60 Å². The molecule has 1 aliphatic rings. The standard InChI is InChI=1S/C15H24N2O2S/c1-11-6-8-20-12(11)9-16-14(18)10-17-7-4-5-13(17)15(2,3)19/h6,8,13,19H,4-5,7,9-10H2,1-3H3,(H,16,18). The number of likely N-dealkylation sites (tertiary alicyclic amines) is 1. The summed E-state index contributed by atoms with van der Waals surface area (Å²) in [6.45, 7) is 7.57. The Labute approximate surface area is 124 Å². The van der Waals surface area contributed by atoms with Crippen LogP contribution in [-0.2, 0) is 11.3 Å². The molecule has 1 atom stereocenters. The predicted octanol–water partition coefficient (Wildman–Crippen LogP) is 1.91. The normalized spacial score (nSPS) is 20.3. The largest absolute Gasteiger partial charge is 0.389 e. The number of carbonyl (C=O) groups excluding carboxylic acids is 1. The maximum absolute atomic E-state index is 12.0. The summed E-state index contributed by atoms with van der Waals surface area (Å²) in [5.74, 6) is 0.0361. The molecule has 2 rings (SSSR count). The molecule has 5 heteroatoms. The molecule has 1 unspecified atom stereocenters. The molecule has 0 spiro atoms. The Morgan fingerprint density at radius 3 is 2.95 bits per heavy atom. The van der Waals surface area contributed by atoms with Crippen LogP contribution in [0.25, 0.3) is 0 Å². The van der Waals surface area contributed by atoms with E-state index in [-0.39, 0.29) is 11.9 Å². The van der Waals surface area contributed by atoms with Gasteiger partial charge in [-0.05, 0) is 57.2 Å². The molecule has 1 fully saturated rings. The van der Waals surface area contributed by atoms with Gasteiger partial charge < -0.3 is 10.4 Å². The van der Waals surface area contributed by atoms with E-state index >= 15 is 0 Å². The summed E-state index contributed by atoms with van der Waals surface area (Å²) in [5, 5.41) is 15.2. The van der Waals surface area contributed by atoms with Crippen molar-refractivity contribution in [2.24, 2.45) is 0 Å². The third-order valence-corrected chi connectivity index (χ3v) is 4.96. The fourth-order valence-electron chi connectivity index (χ4n) is 2.82. The molecule has 1 aliphatic heterocycles. The van der Waals surface area contributed by atoms with Crippen LogP contribution in [0, 0.1) is 6.92 Å². The van der Waals surface area contributed by atoms with Crippen molar-refractivity contribution in [3.8, 4) is 0 Å². The number of carbonyl (C=O) groups is 1. The summed E-state index contributed by atoms with van der Waals surface area (Å²) in [7, 11) is 0. The van der Waals surface area contributed by atoms with Gasteiger partial charge in [-0.2, -0.15) is 0 Å². The van der Waals surface area contributed by atoms with E-state index in [4.69, 9.17) is 0 Å². The number of aliphatic hydroxyl groups is 1. The Balaban J connectivity index is 1.84. The molecule has 0 radical (unpaired) electrons. The van der Waals surface area contributed by atoms with Crippen LogP contribution in [0.2, 0.25) is 0 Å². The molecule has 1 saturated heterocycles. The van der Waals surface area contributed by atoms with Gasteiger partial charge in [0.2, 0.25) is 5.91 Å². The first-order chi connectivity index (χ1) is 9.38. The van der Waals surface area contributed by atoms with Crippen LogP contribution in [0.3, 0.4) is 0 Å². The molecule has 20 heavy (non-hydrogen) atoms. The van der Waals surface area contributed by atoms with Gasteiger partial charge in [-0.25, -0.2) is 0 Å². The number of nitrogens with one attached hydrogen (secondary N) is 1. The highest BCUT2D eigenvalue weighted by atomic mass is 32.1. The van der Waals surface area contributed by atoms with Gasteiger partial charge in [0.05, 0.1) is 18.7 Å². The Morgan fingerprint density at radius 2 is 2.35 bits per heavy atom. The van der Waals surface area contributed by atoms with Gasteiger partial charge in [0.1, 0.15) is 0 Å². The zero-order valence-electron chi connectivity index (χ0n) is 12.5. The molecule has 112 valence electrons. The number of hydrogen-bond donors (Lipinski definition) is 2. The lowest BCUT2D eigenvalue weighted by atomic mass is 9.97. The fraction of sp³-hybridized carbons (Fsp3) is 0.667. The van der Waals surface area contributed by atoms with E-state index in [1.807, 2.05) is 19.2 Å². The van der Waals surface area contributed by atoms with Crippen molar-refractivity contribution in [2.75, 3.05) is 13.1 Å². The minimum Gasteiger partial charge on any atom is -0.389 e. The van der Waals surface area contributed by atoms with Crippen molar-refractivity contribution in [1.82, 2.24) is 10.2 Å². The molecule has 4 nitrogen and oxygen atoms in total. The molecule has 1 aromatic heterocycles. The Hall–Kier alpha value is -0.910. The smallest absolute Gasteiger partial charge is 0.234 e. The van der Waals surface area contributed by atoms with Crippen molar-refractivity contribution in [3.63, 3.8) is 0 Å². The van der Waals surface area contributed by atoms with Crippen molar-refractivity contribution in [2.45, 2.75) is 51.8 Å². The first kappa shape index (κ1) is 15.5. The zero-order chi connectivity index (χ0) is 14.8. The van der Waals surface area contributed by atoms with E-state index in [9.17, 15) is 9.90 Å². The highest BCUT2D eigenvalue weighted by Crippen LogP contribution is 2.26. The summed E-state index contributed by atoms with van der Waals surface area (Å²) < 4.78 is 0. The van der Waals surface area contributed by atoms with Gasteiger partial charge >= 0.3 is 0 Å². The molecular formula is C15H24N2O2S. The maximum atomic E-state index is 12.0. The molecule has 1 amide bonds. The molecular weight excluding hydrogens is 272 g/mol. The molecule has 0 bridgehead atoms. The molecule has 2 heterocycles. The van der Waals surface area contributed by atoms with Crippen LogP contribution in [0.4, 0.5) is 0 Å². The monoisotopic (exact) mass is 296 g/mol. The van der Waals surface area contributed by atoms with E-state index in [1.54, 1.807) is 11.3 Å². The Bertz CT molecular complexity index is 465. The maximum Gasteiger partial charge on any atom is 0.234 e. The number of nitrogens with zero attached hydrogens (tertiary/aromatic N) is 1. The van der Waals surface area contributed by atoms with Crippen molar-refractivity contribution >= 4 is 17.2 Å². The van der Waals surface area contributed by atoms with Gasteiger partial charge in [0, 0.05) is 10.9 Å². The Morgan fingerprint density at radius 1 is 1.60 bits per heavy atom. The first-order valence-electron chi connectivity index (χ1n) is 7.14. The average Bonchev–Trinajstić information content (AvgIpc) is 2.95. The van der Waals surface area contributed by atoms with Crippen molar-refractivity contribution in [1.29, 1.82) is 0 Å². The second-order valence-electron chi connectivity index (χ2n) is 6.09. The number of aryl methyl sites for hydroxylation is 1. The molecule has 0 aliphatic carbocycles. The van der Waals surface area contributed by atoms with Crippen LogP contribution in [0.1, 0.15) is 37.1 Å². The SMILES string of the molecule is Cc1ccsc1CNC(=O)CN1CCCC1C(C)(C)O. The number of rotatable bonds is 5. The number of hydrogen-bond acceptors (Lipinski definition) is 4. The summed E-state index contributed by atoms with van der Waals surface area (Å²) >= 11 is 1.67. The predicted molar refractivity (Wildman–Crippen MR) is 81.8 cm³/mol. The lowest BCUT2D eigenvalue weighted by Gasteiger charge is -2.33. The second kappa shape index (κ2) is 6.24. The van der Waals surface area contributed by atoms with E-state index in [0.29, 0.717) is 13.1 Å². The van der Waals surface area contributed by atoms with Crippen molar-refractivity contribution < 1.29 is 9.90 Å². The Kier molecular flexibility index (Phi) is 4.83. The van der Waals surface area contributed by atoms with Crippen LogP contribution >= 0.6 is 11.3 Å². The lowest BCUT2D eigenvalue weighted by molar-refractivity contribution is -0.123. The van der Waals surface area contributed by atoms with Crippen molar-refractivity contribution in [3.05, 3.63) is 21.9 Å². The molecule has 2 N–H and O–H groups in total. The first-order valence-corrected chi connectivity index (χ1v) is 8.02. The quantitative estimate of drug-likeness (QED) is 0.872. The average molecular weight is 296 g/mol. The minimum absolute atomic E-state index is 0.0361. The summed E-state index contributed by atoms with van der Waals surface area (Å²) in [6.07, 6.45) is 2.01. The van der Waals surface area contributed by atoms with E-state index in [2.05, 4.69) is 23.2 Å².